The van der Waals surface area contributed by atoms with Crippen LogP contribution in [0.4, 0.5) is 5.69 Å². The lowest BCUT2D eigenvalue weighted by Gasteiger charge is -2.45. The second-order valence-corrected chi connectivity index (χ2v) is 6.51. The van der Waals surface area contributed by atoms with Gasteiger partial charge in [0.2, 0.25) is 11.9 Å². The molecular formula is C17H21N7. The number of anilines is 1. The molecule has 0 saturated heterocycles. The Morgan fingerprint density at radius 3 is 2.67 bits per heavy atom. The number of guanidine groups is 2. The Kier molecular flexibility index (Phi) is 3.37. The maximum Gasteiger partial charge on any atom is 0.220 e. The maximum atomic E-state index is 6.32. The number of aromatic nitrogens is 2. The van der Waals surface area contributed by atoms with Gasteiger partial charge in [0.05, 0.1) is 16.9 Å². The lowest BCUT2D eigenvalue weighted by Crippen LogP contribution is -2.58. The van der Waals surface area contributed by atoms with Crippen molar-refractivity contribution in [2.24, 2.45) is 21.5 Å². The van der Waals surface area contributed by atoms with Crippen LogP contribution < -0.4 is 16.4 Å². The van der Waals surface area contributed by atoms with E-state index in [9.17, 15) is 0 Å². The Labute approximate surface area is 140 Å². The minimum absolute atomic E-state index is 0.266. The molecule has 2 aromatic rings. The Hall–Kier alpha value is -2.70. The summed E-state index contributed by atoms with van der Waals surface area (Å²) in [6.07, 6.45) is 5.24. The van der Waals surface area contributed by atoms with Gasteiger partial charge in [-0.3, -0.25) is 4.90 Å². The second-order valence-electron chi connectivity index (χ2n) is 6.51. The molecule has 2 heterocycles. The lowest BCUT2D eigenvalue weighted by atomic mass is 9.87. The molecule has 0 radical (unpaired) electrons. The molecule has 0 bridgehead atoms. The van der Waals surface area contributed by atoms with Crippen LogP contribution in [0.5, 0.6) is 0 Å². The van der Waals surface area contributed by atoms with Crippen molar-refractivity contribution in [2.45, 2.75) is 44.7 Å². The maximum absolute atomic E-state index is 6.32. The highest BCUT2D eigenvalue weighted by Gasteiger charge is 2.43. The Bertz CT molecular complexity index is 849. The Morgan fingerprint density at radius 1 is 1.08 bits per heavy atom. The monoisotopic (exact) mass is 323 g/mol. The molecule has 24 heavy (non-hydrogen) atoms. The molecule has 1 saturated carbocycles. The normalized spacial score (nSPS) is 20.1. The van der Waals surface area contributed by atoms with Gasteiger partial charge in [-0.1, -0.05) is 12.5 Å². The number of fused-ring (bicyclic) bond motifs is 1. The number of aryl methyl sites for hydroxylation is 1. The minimum atomic E-state index is -0.445. The molecule has 1 fully saturated rings. The summed E-state index contributed by atoms with van der Waals surface area (Å²) in [5, 5.41) is 9.45. The van der Waals surface area contributed by atoms with E-state index in [0.717, 1.165) is 48.0 Å². The molecule has 1 aliphatic heterocycles. The van der Waals surface area contributed by atoms with Crippen molar-refractivity contribution < 1.29 is 0 Å². The third kappa shape index (κ3) is 2.28. The number of benzene rings is 1. The van der Waals surface area contributed by atoms with Gasteiger partial charge in [0.15, 0.2) is 0 Å². The van der Waals surface area contributed by atoms with E-state index in [4.69, 9.17) is 16.5 Å². The van der Waals surface area contributed by atoms with Crippen LogP contribution in [0.15, 0.2) is 34.3 Å². The molecule has 4 rings (SSSR count). The summed E-state index contributed by atoms with van der Waals surface area (Å²) >= 11 is 0. The molecule has 0 atom stereocenters. The molecule has 1 aromatic carbocycles. The van der Waals surface area contributed by atoms with Crippen LogP contribution in [0, 0.1) is 6.92 Å². The van der Waals surface area contributed by atoms with E-state index in [1.807, 2.05) is 36.1 Å². The van der Waals surface area contributed by atoms with Gasteiger partial charge in [-0.15, -0.1) is 0 Å². The van der Waals surface area contributed by atoms with Crippen LogP contribution >= 0.6 is 0 Å². The number of hydrogen-bond donors (Lipinski definition) is 2. The van der Waals surface area contributed by atoms with Gasteiger partial charge in [0, 0.05) is 5.39 Å². The topological polar surface area (TPSA) is 106 Å². The molecular weight excluding hydrogens is 302 g/mol. The minimum Gasteiger partial charge on any atom is -0.369 e. The molecule has 2 aliphatic rings. The molecule has 1 aliphatic carbocycles. The predicted octanol–water partition coefficient (Wildman–Crippen LogP) is 2.05. The average molecular weight is 323 g/mol. The van der Waals surface area contributed by atoms with Crippen molar-refractivity contribution in [3.05, 3.63) is 30.0 Å². The van der Waals surface area contributed by atoms with Gasteiger partial charge in [0.25, 0.3) is 0 Å². The number of nitrogens with zero attached hydrogens (tertiary/aromatic N) is 5. The Balaban J connectivity index is 1.93. The SMILES string of the molecule is Cc1cc2c(N3C(N)=NC(N)=NC34CCCCC4)cccc2nn1. The van der Waals surface area contributed by atoms with Gasteiger partial charge in [-0.2, -0.15) is 15.2 Å². The van der Waals surface area contributed by atoms with Gasteiger partial charge >= 0.3 is 0 Å². The number of rotatable bonds is 1. The molecule has 124 valence electrons. The molecule has 1 spiro atoms. The first-order valence-corrected chi connectivity index (χ1v) is 8.32. The van der Waals surface area contributed by atoms with Crippen molar-refractivity contribution in [2.75, 3.05) is 4.90 Å². The molecule has 0 unspecified atom stereocenters. The highest BCUT2D eigenvalue weighted by Crippen LogP contribution is 2.41. The first-order valence-electron chi connectivity index (χ1n) is 8.32. The number of aliphatic imine (C=N–C) groups is 2. The fourth-order valence-electron chi connectivity index (χ4n) is 3.81. The van der Waals surface area contributed by atoms with E-state index in [1.54, 1.807) is 0 Å². The standard InChI is InChI=1S/C17H21N7/c1-11-10-12-13(23-22-11)6-5-7-14(12)24-16(19)20-15(18)21-17(24)8-3-2-4-9-17/h5-7,10H,2-4,8-9H2,1H3,(H4,18,19,20,21). The third-order valence-corrected chi connectivity index (χ3v) is 4.82. The van der Waals surface area contributed by atoms with Crippen molar-refractivity contribution in [3.63, 3.8) is 0 Å². The highest BCUT2D eigenvalue weighted by atomic mass is 15.4. The third-order valence-electron chi connectivity index (χ3n) is 4.82. The van der Waals surface area contributed by atoms with Crippen LogP contribution in [-0.4, -0.2) is 27.8 Å². The van der Waals surface area contributed by atoms with E-state index < -0.39 is 5.66 Å². The average Bonchev–Trinajstić information content (AvgIpc) is 2.55. The fourth-order valence-corrected chi connectivity index (χ4v) is 3.81. The number of hydrogen-bond acceptors (Lipinski definition) is 7. The van der Waals surface area contributed by atoms with Crippen LogP contribution in [0.3, 0.4) is 0 Å². The fraction of sp³-hybridized carbons (Fsp3) is 0.412. The summed E-state index contributed by atoms with van der Waals surface area (Å²) in [4.78, 5) is 11.0. The Morgan fingerprint density at radius 2 is 1.88 bits per heavy atom. The zero-order valence-corrected chi connectivity index (χ0v) is 13.7. The van der Waals surface area contributed by atoms with E-state index >= 15 is 0 Å². The largest absolute Gasteiger partial charge is 0.369 e. The smallest absolute Gasteiger partial charge is 0.220 e. The first kappa shape index (κ1) is 14.9. The second kappa shape index (κ2) is 5.43. The highest BCUT2D eigenvalue weighted by molar-refractivity contribution is 6.09. The van der Waals surface area contributed by atoms with Crippen LogP contribution in [-0.2, 0) is 0 Å². The summed E-state index contributed by atoms with van der Waals surface area (Å²) in [7, 11) is 0. The summed E-state index contributed by atoms with van der Waals surface area (Å²) in [5.41, 5.74) is 14.5. The van der Waals surface area contributed by atoms with Crippen LogP contribution in [0.1, 0.15) is 37.8 Å². The van der Waals surface area contributed by atoms with E-state index in [-0.39, 0.29) is 5.96 Å². The molecule has 7 heteroatoms. The van der Waals surface area contributed by atoms with Gasteiger partial charge < -0.3 is 11.5 Å². The number of nitrogens with two attached hydrogens (primary N) is 2. The predicted molar refractivity (Wildman–Crippen MR) is 95.8 cm³/mol. The van der Waals surface area contributed by atoms with Crippen molar-refractivity contribution in [1.82, 2.24) is 10.2 Å². The first-order chi connectivity index (χ1) is 11.6. The van der Waals surface area contributed by atoms with Gasteiger partial charge in [-0.05, 0) is 50.8 Å². The quantitative estimate of drug-likeness (QED) is 0.835. The molecule has 4 N–H and O–H groups in total. The summed E-state index contributed by atoms with van der Waals surface area (Å²) in [5.74, 6) is 0.660. The van der Waals surface area contributed by atoms with Crippen LogP contribution in [0.25, 0.3) is 10.9 Å². The lowest BCUT2D eigenvalue weighted by molar-refractivity contribution is 0.306. The molecule has 7 nitrogen and oxygen atoms in total. The van der Waals surface area contributed by atoms with Crippen LogP contribution in [0.2, 0.25) is 0 Å². The van der Waals surface area contributed by atoms with Crippen molar-refractivity contribution in [3.8, 4) is 0 Å². The van der Waals surface area contributed by atoms with Gasteiger partial charge in [-0.25, -0.2) is 4.99 Å². The van der Waals surface area contributed by atoms with Gasteiger partial charge in [0.1, 0.15) is 5.66 Å². The van der Waals surface area contributed by atoms with E-state index in [0.29, 0.717) is 5.96 Å². The van der Waals surface area contributed by atoms with E-state index in [1.165, 1.54) is 6.42 Å². The van der Waals surface area contributed by atoms with Crippen molar-refractivity contribution >= 4 is 28.5 Å². The zero-order valence-electron chi connectivity index (χ0n) is 13.7. The zero-order chi connectivity index (χ0) is 16.7. The van der Waals surface area contributed by atoms with Crippen molar-refractivity contribution in [1.29, 1.82) is 0 Å². The molecule has 0 amide bonds. The summed E-state index contributed by atoms with van der Waals surface area (Å²) < 4.78 is 0. The summed E-state index contributed by atoms with van der Waals surface area (Å²) in [6.45, 7) is 1.93. The summed E-state index contributed by atoms with van der Waals surface area (Å²) in [6, 6.07) is 7.99. The van der Waals surface area contributed by atoms with E-state index in [2.05, 4.69) is 15.2 Å². The molecule has 1 aromatic heterocycles.